The van der Waals surface area contributed by atoms with Crippen LogP contribution in [-0.2, 0) is 16.0 Å². The number of anilines is 1. The smallest absolute Gasteiger partial charge is 0.228 e. The number of hydrogen-bond acceptors (Lipinski definition) is 3. The van der Waals surface area contributed by atoms with Gasteiger partial charge in [-0.1, -0.05) is 32.4 Å². The number of carbonyl (C=O) groups excluding carboxylic acids is 2. The summed E-state index contributed by atoms with van der Waals surface area (Å²) < 4.78 is 0. The third kappa shape index (κ3) is 4.21. The van der Waals surface area contributed by atoms with Gasteiger partial charge in [0.2, 0.25) is 11.8 Å². The summed E-state index contributed by atoms with van der Waals surface area (Å²) in [5.74, 6) is -0.0825. The number of nitrogens with two attached hydrogens (primary N) is 1. The summed E-state index contributed by atoms with van der Waals surface area (Å²) >= 11 is 0. The normalized spacial score (nSPS) is 25.5. The van der Waals surface area contributed by atoms with Gasteiger partial charge in [0.05, 0.1) is 5.92 Å². The zero-order valence-electron chi connectivity index (χ0n) is 15.7. The number of nitrogens with zero attached hydrogens (tertiary/aromatic N) is 2. The van der Waals surface area contributed by atoms with Gasteiger partial charge in [-0.05, 0) is 42.5 Å². The Bertz CT molecular complexity index is 649. The average Bonchev–Trinajstić information content (AvgIpc) is 3.19. The van der Waals surface area contributed by atoms with Gasteiger partial charge in [-0.25, -0.2) is 0 Å². The van der Waals surface area contributed by atoms with Crippen LogP contribution in [0.15, 0.2) is 24.3 Å². The van der Waals surface area contributed by atoms with E-state index < -0.39 is 0 Å². The quantitative estimate of drug-likeness (QED) is 0.855. The molecule has 0 bridgehead atoms. The third-order valence-corrected chi connectivity index (χ3v) is 5.62. The van der Waals surface area contributed by atoms with Gasteiger partial charge in [0, 0.05) is 31.7 Å². The highest BCUT2D eigenvalue weighted by Crippen LogP contribution is 2.32. The molecule has 2 atom stereocenters. The maximum absolute atomic E-state index is 12.8. The molecule has 2 amide bonds. The van der Waals surface area contributed by atoms with Gasteiger partial charge in [-0.3, -0.25) is 9.59 Å². The van der Waals surface area contributed by atoms with Crippen LogP contribution in [-0.4, -0.2) is 42.9 Å². The molecule has 1 aromatic carbocycles. The van der Waals surface area contributed by atoms with Crippen LogP contribution in [0, 0.1) is 11.3 Å². The van der Waals surface area contributed by atoms with Gasteiger partial charge in [-0.15, -0.1) is 12.4 Å². The summed E-state index contributed by atoms with van der Waals surface area (Å²) in [6, 6.07) is 8.15. The van der Waals surface area contributed by atoms with Crippen molar-refractivity contribution in [1.29, 1.82) is 0 Å². The summed E-state index contributed by atoms with van der Waals surface area (Å²) in [7, 11) is 0. The average molecular weight is 380 g/mol. The van der Waals surface area contributed by atoms with Crippen molar-refractivity contribution in [3.05, 3.63) is 29.8 Å². The van der Waals surface area contributed by atoms with Gasteiger partial charge in [-0.2, -0.15) is 0 Å². The second-order valence-electron chi connectivity index (χ2n) is 7.85. The lowest BCUT2D eigenvalue weighted by atomic mass is 9.90. The molecule has 0 aromatic heterocycles. The van der Waals surface area contributed by atoms with Crippen LogP contribution in [0.1, 0.15) is 38.7 Å². The van der Waals surface area contributed by atoms with E-state index in [4.69, 9.17) is 5.73 Å². The van der Waals surface area contributed by atoms with E-state index in [0.717, 1.165) is 31.5 Å². The number of likely N-dealkylation sites (tertiary alicyclic amines) is 1. The zero-order valence-corrected chi connectivity index (χ0v) is 16.6. The van der Waals surface area contributed by atoms with Gasteiger partial charge < -0.3 is 15.5 Å². The van der Waals surface area contributed by atoms with Crippen molar-refractivity contribution in [2.24, 2.45) is 17.1 Å². The van der Waals surface area contributed by atoms with Crippen LogP contribution in [0.4, 0.5) is 5.69 Å². The Morgan fingerprint density at radius 1 is 1.31 bits per heavy atom. The summed E-state index contributed by atoms with van der Waals surface area (Å²) in [6.07, 6.45) is 3.41. The van der Waals surface area contributed by atoms with E-state index in [9.17, 15) is 9.59 Å². The van der Waals surface area contributed by atoms with Crippen LogP contribution in [0.3, 0.4) is 0 Å². The Balaban J connectivity index is 0.00000243. The summed E-state index contributed by atoms with van der Waals surface area (Å²) in [5, 5.41) is 0. The van der Waals surface area contributed by atoms with Gasteiger partial charge in [0.25, 0.3) is 0 Å². The molecule has 3 rings (SSSR count). The molecule has 26 heavy (non-hydrogen) atoms. The monoisotopic (exact) mass is 379 g/mol. The molecule has 2 fully saturated rings. The molecule has 0 spiro atoms. The fraction of sp³-hybridized carbons (Fsp3) is 0.600. The van der Waals surface area contributed by atoms with E-state index in [1.165, 1.54) is 5.56 Å². The lowest BCUT2D eigenvalue weighted by molar-refractivity contribution is -0.135. The minimum atomic E-state index is -0.233. The van der Waals surface area contributed by atoms with Crippen LogP contribution < -0.4 is 10.6 Å². The Kier molecular flexibility index (Phi) is 6.69. The molecule has 2 aliphatic rings. The molecule has 2 N–H and O–H groups in total. The second-order valence-corrected chi connectivity index (χ2v) is 7.85. The second kappa shape index (κ2) is 8.40. The summed E-state index contributed by atoms with van der Waals surface area (Å²) in [6.45, 7) is 6.82. The van der Waals surface area contributed by atoms with Crippen molar-refractivity contribution in [3.8, 4) is 0 Å². The van der Waals surface area contributed by atoms with E-state index >= 15 is 0 Å². The minimum Gasteiger partial charge on any atom is -0.342 e. The highest BCUT2D eigenvalue weighted by Gasteiger charge is 2.41. The van der Waals surface area contributed by atoms with Crippen molar-refractivity contribution in [2.45, 2.75) is 39.5 Å². The first kappa shape index (κ1) is 20.7. The maximum Gasteiger partial charge on any atom is 0.228 e. The molecule has 1 aromatic rings. The van der Waals surface area contributed by atoms with Crippen LogP contribution in [0.25, 0.3) is 0 Å². The third-order valence-electron chi connectivity index (χ3n) is 5.62. The Morgan fingerprint density at radius 3 is 2.58 bits per heavy atom. The fourth-order valence-corrected chi connectivity index (χ4v) is 3.89. The van der Waals surface area contributed by atoms with Gasteiger partial charge in [0.1, 0.15) is 0 Å². The predicted molar refractivity (Wildman–Crippen MR) is 107 cm³/mol. The van der Waals surface area contributed by atoms with Crippen molar-refractivity contribution in [2.75, 3.05) is 31.1 Å². The van der Waals surface area contributed by atoms with Crippen LogP contribution in [0.5, 0.6) is 0 Å². The minimum absolute atomic E-state index is 0. The van der Waals surface area contributed by atoms with E-state index in [1.807, 2.05) is 17.0 Å². The first-order chi connectivity index (χ1) is 12.0. The van der Waals surface area contributed by atoms with E-state index in [-0.39, 0.29) is 35.6 Å². The van der Waals surface area contributed by atoms with Crippen molar-refractivity contribution < 1.29 is 9.59 Å². The first-order valence-electron chi connectivity index (χ1n) is 9.34. The van der Waals surface area contributed by atoms with Crippen LogP contribution >= 0.6 is 12.4 Å². The number of rotatable bonds is 5. The standard InChI is InChI=1S/C20H29N3O2.ClH/c1-3-4-15-5-7-17(8-6-15)23-12-16(11-18(23)24)19(25)22-10-9-20(2,13-21)14-22;/h5-8,16H,3-4,9-14,21H2,1-2H3;1H. The largest absolute Gasteiger partial charge is 0.342 e. The Labute approximate surface area is 162 Å². The number of amides is 2. The highest BCUT2D eigenvalue weighted by molar-refractivity contribution is 6.00. The SMILES string of the molecule is CCCc1ccc(N2CC(C(=O)N3CCC(C)(CN)C3)CC2=O)cc1.Cl. The molecule has 6 heteroatoms. The molecule has 2 aliphatic heterocycles. The molecule has 5 nitrogen and oxygen atoms in total. The maximum atomic E-state index is 12.8. The number of hydrogen-bond donors (Lipinski definition) is 1. The Hall–Kier alpha value is -1.59. The number of halogens is 1. The lowest BCUT2D eigenvalue weighted by Crippen LogP contribution is -2.38. The number of carbonyl (C=O) groups is 2. The zero-order chi connectivity index (χ0) is 18.0. The topological polar surface area (TPSA) is 66.6 Å². The molecule has 0 radical (unpaired) electrons. The van der Waals surface area contributed by atoms with E-state index in [1.54, 1.807) is 4.90 Å². The first-order valence-corrected chi connectivity index (χ1v) is 9.34. The molecular formula is C20H30ClN3O2. The molecule has 2 heterocycles. The molecular weight excluding hydrogens is 350 g/mol. The van der Waals surface area contributed by atoms with Crippen molar-refractivity contribution in [3.63, 3.8) is 0 Å². The molecule has 0 aliphatic carbocycles. The number of aryl methyl sites for hydroxylation is 1. The Morgan fingerprint density at radius 2 is 2.00 bits per heavy atom. The summed E-state index contributed by atoms with van der Waals surface area (Å²) in [4.78, 5) is 28.9. The summed E-state index contributed by atoms with van der Waals surface area (Å²) in [5.41, 5.74) is 8.04. The molecule has 0 saturated carbocycles. The molecule has 2 unspecified atom stereocenters. The highest BCUT2D eigenvalue weighted by atomic mass is 35.5. The molecule has 144 valence electrons. The van der Waals surface area contributed by atoms with Crippen LogP contribution in [0.2, 0.25) is 0 Å². The van der Waals surface area contributed by atoms with E-state index in [0.29, 0.717) is 26.1 Å². The van der Waals surface area contributed by atoms with Crippen molar-refractivity contribution >= 4 is 29.9 Å². The van der Waals surface area contributed by atoms with Crippen molar-refractivity contribution in [1.82, 2.24) is 4.90 Å². The number of benzene rings is 1. The predicted octanol–water partition coefficient (Wildman–Crippen LogP) is 2.61. The lowest BCUT2D eigenvalue weighted by Gasteiger charge is -2.24. The molecule has 2 saturated heterocycles. The van der Waals surface area contributed by atoms with Gasteiger partial charge in [0.15, 0.2) is 0 Å². The van der Waals surface area contributed by atoms with E-state index in [2.05, 4.69) is 26.0 Å². The fourth-order valence-electron chi connectivity index (χ4n) is 3.89. The van der Waals surface area contributed by atoms with Gasteiger partial charge >= 0.3 is 0 Å².